The SMILES string of the molecule is COCCCN1C(=O)C(=O)/C(=C(/O)c2ccc(Cl)cc2)[C@H]1c1ccc(I)cc1. The molecule has 0 spiro atoms. The Balaban J connectivity index is 2.10. The predicted molar refractivity (Wildman–Crippen MR) is 116 cm³/mol. The van der Waals surface area contributed by atoms with Crippen LogP contribution in [0, 0.1) is 3.57 Å². The number of hydrogen-bond donors (Lipinski definition) is 1. The van der Waals surface area contributed by atoms with Crippen molar-refractivity contribution in [3.8, 4) is 0 Å². The van der Waals surface area contributed by atoms with Crippen molar-refractivity contribution in [2.75, 3.05) is 20.3 Å². The molecule has 1 saturated heterocycles. The molecular weight excluding hydrogens is 493 g/mol. The lowest BCUT2D eigenvalue weighted by atomic mass is 9.95. The zero-order chi connectivity index (χ0) is 20.3. The topological polar surface area (TPSA) is 66.8 Å². The van der Waals surface area contributed by atoms with Gasteiger partial charge in [-0.25, -0.2) is 0 Å². The average molecular weight is 512 g/mol. The number of carbonyl (C=O) groups is 2. The molecule has 0 aliphatic carbocycles. The molecule has 1 aliphatic heterocycles. The van der Waals surface area contributed by atoms with E-state index in [4.69, 9.17) is 16.3 Å². The van der Waals surface area contributed by atoms with Gasteiger partial charge in [0.1, 0.15) is 5.76 Å². The third-order valence-electron chi connectivity index (χ3n) is 4.59. The highest BCUT2D eigenvalue weighted by Crippen LogP contribution is 2.39. The van der Waals surface area contributed by atoms with E-state index in [-0.39, 0.29) is 11.3 Å². The molecule has 2 aromatic rings. The maximum Gasteiger partial charge on any atom is 0.295 e. The summed E-state index contributed by atoms with van der Waals surface area (Å²) >= 11 is 8.12. The van der Waals surface area contributed by atoms with Crippen LogP contribution in [0.1, 0.15) is 23.6 Å². The Kier molecular flexibility index (Phi) is 6.74. The molecule has 3 rings (SSSR count). The van der Waals surface area contributed by atoms with Crippen molar-refractivity contribution in [3.05, 3.63) is 73.8 Å². The van der Waals surface area contributed by atoms with Crippen LogP contribution in [-0.2, 0) is 14.3 Å². The number of amides is 1. The van der Waals surface area contributed by atoms with Gasteiger partial charge in [0.2, 0.25) is 0 Å². The lowest BCUT2D eigenvalue weighted by Crippen LogP contribution is -2.31. The van der Waals surface area contributed by atoms with Crippen molar-refractivity contribution in [1.29, 1.82) is 0 Å². The van der Waals surface area contributed by atoms with E-state index in [0.29, 0.717) is 30.2 Å². The minimum atomic E-state index is -0.687. The van der Waals surface area contributed by atoms with Gasteiger partial charge in [0.05, 0.1) is 11.6 Å². The van der Waals surface area contributed by atoms with E-state index in [1.54, 1.807) is 31.4 Å². The van der Waals surface area contributed by atoms with Gasteiger partial charge < -0.3 is 14.7 Å². The van der Waals surface area contributed by atoms with Crippen molar-refractivity contribution in [1.82, 2.24) is 4.90 Å². The number of halogens is 2. The van der Waals surface area contributed by atoms with Crippen LogP contribution >= 0.6 is 34.2 Å². The van der Waals surface area contributed by atoms with Crippen LogP contribution in [0.4, 0.5) is 0 Å². The predicted octanol–water partition coefficient (Wildman–Crippen LogP) is 4.40. The Morgan fingerprint density at radius 1 is 1.14 bits per heavy atom. The molecule has 5 nitrogen and oxygen atoms in total. The van der Waals surface area contributed by atoms with E-state index in [1.807, 2.05) is 24.3 Å². The first-order valence-electron chi connectivity index (χ1n) is 8.72. The molecule has 1 heterocycles. The van der Waals surface area contributed by atoms with Gasteiger partial charge >= 0.3 is 0 Å². The van der Waals surface area contributed by atoms with Crippen molar-refractivity contribution in [3.63, 3.8) is 0 Å². The van der Waals surface area contributed by atoms with E-state index in [9.17, 15) is 14.7 Å². The summed E-state index contributed by atoms with van der Waals surface area (Å²) in [5.41, 5.74) is 1.30. The van der Waals surface area contributed by atoms with Crippen LogP contribution in [0.3, 0.4) is 0 Å². The molecule has 0 unspecified atom stereocenters. The summed E-state index contributed by atoms with van der Waals surface area (Å²) in [5.74, 6) is -1.50. The Morgan fingerprint density at radius 2 is 1.79 bits per heavy atom. The van der Waals surface area contributed by atoms with Gasteiger partial charge in [-0.1, -0.05) is 23.7 Å². The van der Waals surface area contributed by atoms with Gasteiger partial charge in [-0.05, 0) is 71.0 Å². The fraction of sp³-hybridized carbons (Fsp3) is 0.238. The van der Waals surface area contributed by atoms with Crippen LogP contribution in [0.5, 0.6) is 0 Å². The number of carbonyl (C=O) groups excluding carboxylic acids is 2. The van der Waals surface area contributed by atoms with Gasteiger partial charge in [-0.2, -0.15) is 0 Å². The van der Waals surface area contributed by atoms with Gasteiger partial charge in [-0.15, -0.1) is 0 Å². The van der Waals surface area contributed by atoms with E-state index in [2.05, 4.69) is 22.6 Å². The number of Topliss-reactive ketones (excluding diaryl/α,β-unsaturated/α-hetero) is 1. The van der Waals surface area contributed by atoms with Crippen LogP contribution in [0.15, 0.2) is 54.1 Å². The molecule has 1 atom stereocenters. The smallest absolute Gasteiger partial charge is 0.295 e. The molecule has 1 N–H and O–H groups in total. The molecule has 2 aromatic carbocycles. The Morgan fingerprint density at radius 3 is 2.39 bits per heavy atom. The summed E-state index contributed by atoms with van der Waals surface area (Å²) in [5, 5.41) is 11.4. The molecule has 1 fully saturated rings. The summed E-state index contributed by atoms with van der Waals surface area (Å²) in [6, 6.07) is 13.4. The largest absolute Gasteiger partial charge is 0.507 e. The normalized spacial score (nSPS) is 18.7. The number of methoxy groups -OCH3 is 1. The molecule has 0 saturated carbocycles. The molecule has 7 heteroatoms. The summed E-state index contributed by atoms with van der Waals surface area (Å²) in [7, 11) is 1.59. The maximum absolute atomic E-state index is 12.8. The Hall–Kier alpha value is -1.90. The highest BCUT2D eigenvalue weighted by molar-refractivity contribution is 14.1. The number of rotatable bonds is 6. The first-order chi connectivity index (χ1) is 13.4. The minimum Gasteiger partial charge on any atom is -0.507 e. The van der Waals surface area contributed by atoms with Gasteiger partial charge in [-0.3, -0.25) is 9.59 Å². The fourth-order valence-electron chi connectivity index (χ4n) is 3.24. The molecule has 0 bridgehead atoms. The highest BCUT2D eigenvalue weighted by Gasteiger charge is 2.45. The second-order valence-corrected chi connectivity index (χ2v) is 8.08. The van der Waals surface area contributed by atoms with Gasteiger partial charge in [0, 0.05) is 34.4 Å². The number of hydrogen-bond acceptors (Lipinski definition) is 4. The van der Waals surface area contributed by atoms with Crippen molar-refractivity contribution in [2.24, 2.45) is 0 Å². The summed E-state index contributed by atoms with van der Waals surface area (Å²) < 4.78 is 6.11. The number of benzene rings is 2. The number of nitrogens with zero attached hydrogens (tertiary/aromatic N) is 1. The molecule has 1 amide bonds. The fourth-order valence-corrected chi connectivity index (χ4v) is 3.73. The van der Waals surface area contributed by atoms with Crippen LogP contribution in [0.25, 0.3) is 5.76 Å². The third-order valence-corrected chi connectivity index (χ3v) is 5.56. The van der Waals surface area contributed by atoms with Crippen LogP contribution < -0.4 is 0 Å². The summed E-state index contributed by atoms with van der Waals surface area (Å²) in [6.45, 7) is 0.825. The molecule has 0 aromatic heterocycles. The zero-order valence-corrected chi connectivity index (χ0v) is 18.1. The number of ether oxygens (including phenoxy) is 1. The number of aliphatic hydroxyl groups is 1. The number of ketones is 1. The van der Waals surface area contributed by atoms with E-state index in [0.717, 1.165) is 9.13 Å². The van der Waals surface area contributed by atoms with E-state index < -0.39 is 17.7 Å². The quantitative estimate of drug-likeness (QED) is 0.205. The first kappa shape index (κ1) is 20.8. The van der Waals surface area contributed by atoms with Crippen molar-refractivity contribution >= 4 is 51.6 Å². The highest BCUT2D eigenvalue weighted by atomic mass is 127. The third kappa shape index (κ3) is 4.24. The molecular formula is C21H19ClINO4. The minimum absolute atomic E-state index is 0.0888. The second kappa shape index (κ2) is 9.07. The van der Waals surface area contributed by atoms with Crippen LogP contribution in [0.2, 0.25) is 5.02 Å². The van der Waals surface area contributed by atoms with Gasteiger partial charge in [0.15, 0.2) is 0 Å². The zero-order valence-electron chi connectivity index (χ0n) is 15.2. The monoisotopic (exact) mass is 511 g/mol. The molecule has 28 heavy (non-hydrogen) atoms. The Labute approximate surface area is 182 Å². The standard InChI is InChI=1S/C21H19ClINO4/c1-28-12-2-11-24-18(13-5-9-16(23)10-6-13)17(20(26)21(24)27)19(25)14-3-7-15(22)8-4-14/h3-10,18,25H,2,11-12H2,1H3/b19-17+/t18-/m1/s1. The molecule has 146 valence electrons. The first-order valence-corrected chi connectivity index (χ1v) is 10.2. The summed E-state index contributed by atoms with van der Waals surface area (Å²) in [6.07, 6.45) is 0.589. The van der Waals surface area contributed by atoms with E-state index in [1.165, 1.54) is 4.90 Å². The average Bonchev–Trinajstić information content (AvgIpc) is 2.94. The lowest BCUT2D eigenvalue weighted by Gasteiger charge is -2.25. The van der Waals surface area contributed by atoms with E-state index >= 15 is 0 Å². The molecule has 1 aliphatic rings. The van der Waals surface area contributed by atoms with Crippen molar-refractivity contribution < 1.29 is 19.4 Å². The summed E-state index contributed by atoms with van der Waals surface area (Å²) in [4.78, 5) is 27.0. The Bertz CT molecular complexity index is 909. The van der Waals surface area contributed by atoms with Crippen molar-refractivity contribution in [2.45, 2.75) is 12.5 Å². The molecule has 0 radical (unpaired) electrons. The number of aliphatic hydroxyl groups excluding tert-OH is 1. The van der Waals surface area contributed by atoms with Crippen LogP contribution in [-0.4, -0.2) is 42.0 Å². The second-order valence-electron chi connectivity index (χ2n) is 6.40. The van der Waals surface area contributed by atoms with Gasteiger partial charge in [0.25, 0.3) is 11.7 Å². The lowest BCUT2D eigenvalue weighted by molar-refractivity contribution is -0.140. The number of likely N-dealkylation sites (tertiary alicyclic amines) is 1. The maximum atomic E-state index is 12.8.